The standard InChI is InChI=1S/C4H11N3.C2H7N.H2O/c1-2-3-7-4(5)6;1-2-3;/h2-3H2,1H3,(H4,5,6,7);2-3H2,1H3;1H2. The van der Waals surface area contributed by atoms with E-state index < -0.39 is 0 Å². The van der Waals surface area contributed by atoms with E-state index >= 15 is 0 Å². The summed E-state index contributed by atoms with van der Waals surface area (Å²) in [6.07, 6.45) is 0.998. The molecule has 0 rings (SSSR count). The lowest BCUT2D eigenvalue weighted by Gasteiger charge is -1.86. The van der Waals surface area contributed by atoms with Crippen LogP contribution in [0.4, 0.5) is 0 Å². The highest BCUT2D eigenvalue weighted by molar-refractivity contribution is 5.75. The summed E-state index contributed by atoms with van der Waals surface area (Å²) in [5.41, 5.74) is 14.9. The molecule has 0 radical (unpaired) electrons. The highest BCUT2D eigenvalue weighted by Gasteiger charge is 1.74. The van der Waals surface area contributed by atoms with Gasteiger partial charge in [0.1, 0.15) is 0 Å². The first-order valence-corrected chi connectivity index (χ1v) is 3.44. The molecule has 0 atom stereocenters. The highest BCUT2D eigenvalue weighted by atomic mass is 16.0. The van der Waals surface area contributed by atoms with Gasteiger partial charge in [0.05, 0.1) is 0 Å². The molecule has 0 aromatic heterocycles. The van der Waals surface area contributed by atoms with E-state index in [9.17, 15) is 0 Å². The fourth-order valence-electron chi connectivity index (χ4n) is 0.241. The largest absolute Gasteiger partial charge is 0.412 e. The summed E-state index contributed by atoms with van der Waals surface area (Å²) in [5.74, 6) is 0.182. The Morgan fingerprint density at radius 2 is 1.64 bits per heavy atom. The van der Waals surface area contributed by atoms with Crippen LogP contribution in [-0.4, -0.2) is 24.5 Å². The third-order valence-corrected chi connectivity index (χ3v) is 0.518. The van der Waals surface area contributed by atoms with Gasteiger partial charge >= 0.3 is 0 Å². The van der Waals surface area contributed by atoms with E-state index in [1.807, 2.05) is 13.8 Å². The molecule has 0 aromatic rings. The number of aliphatic imine (C=N–C) groups is 1. The average Bonchev–Trinajstić information content (AvgIpc) is 1.85. The van der Waals surface area contributed by atoms with Crippen LogP contribution >= 0.6 is 0 Å². The van der Waals surface area contributed by atoms with Crippen molar-refractivity contribution in [2.24, 2.45) is 22.2 Å². The van der Waals surface area contributed by atoms with Gasteiger partial charge in [-0.2, -0.15) is 0 Å². The van der Waals surface area contributed by atoms with Gasteiger partial charge < -0.3 is 22.7 Å². The molecular weight excluding hydrogens is 144 g/mol. The Hall–Kier alpha value is -0.810. The second kappa shape index (κ2) is 16.1. The smallest absolute Gasteiger partial charge is 0.185 e. The van der Waals surface area contributed by atoms with Gasteiger partial charge in [-0.15, -0.1) is 0 Å². The zero-order chi connectivity index (χ0) is 8.41. The van der Waals surface area contributed by atoms with E-state index in [-0.39, 0.29) is 11.4 Å². The molecule has 0 heterocycles. The third kappa shape index (κ3) is 46.7. The maximum Gasteiger partial charge on any atom is 0.185 e. The van der Waals surface area contributed by atoms with Gasteiger partial charge in [0, 0.05) is 6.54 Å². The van der Waals surface area contributed by atoms with E-state index in [2.05, 4.69) is 4.99 Å². The molecule has 0 saturated heterocycles. The Labute approximate surface area is 68.0 Å². The molecular formula is C6H20N4O. The number of rotatable bonds is 2. The number of nitrogens with two attached hydrogens (primary N) is 3. The summed E-state index contributed by atoms with van der Waals surface area (Å²) in [6, 6.07) is 0. The van der Waals surface area contributed by atoms with Gasteiger partial charge in [-0.3, -0.25) is 4.99 Å². The molecule has 0 fully saturated rings. The van der Waals surface area contributed by atoms with E-state index in [0.717, 1.165) is 19.5 Å². The van der Waals surface area contributed by atoms with Crippen LogP contribution in [0.3, 0.4) is 0 Å². The van der Waals surface area contributed by atoms with Gasteiger partial charge in [-0.05, 0) is 13.0 Å². The zero-order valence-electron chi connectivity index (χ0n) is 7.30. The summed E-state index contributed by atoms with van der Waals surface area (Å²) < 4.78 is 0. The van der Waals surface area contributed by atoms with Crippen molar-refractivity contribution in [1.29, 1.82) is 0 Å². The van der Waals surface area contributed by atoms with Crippen LogP contribution in [0.25, 0.3) is 0 Å². The summed E-state index contributed by atoms with van der Waals surface area (Å²) in [6.45, 7) is 5.41. The van der Waals surface area contributed by atoms with Crippen LogP contribution in [0.2, 0.25) is 0 Å². The molecule has 0 unspecified atom stereocenters. The predicted octanol–water partition coefficient (Wildman–Crippen LogP) is -1.19. The van der Waals surface area contributed by atoms with Gasteiger partial charge in [0.25, 0.3) is 0 Å². The molecule has 0 amide bonds. The van der Waals surface area contributed by atoms with Crippen LogP contribution < -0.4 is 17.2 Å². The molecule has 0 aliphatic rings. The Morgan fingerprint density at radius 1 is 1.27 bits per heavy atom. The molecule has 0 spiro atoms. The number of nitrogens with zero attached hydrogens (tertiary/aromatic N) is 1. The highest BCUT2D eigenvalue weighted by Crippen LogP contribution is 1.73. The Morgan fingerprint density at radius 3 is 1.73 bits per heavy atom. The van der Waals surface area contributed by atoms with E-state index in [1.54, 1.807) is 0 Å². The summed E-state index contributed by atoms with van der Waals surface area (Å²) in [5, 5.41) is 0. The number of hydrogen-bond acceptors (Lipinski definition) is 2. The first kappa shape index (κ1) is 16.6. The molecule has 0 aliphatic heterocycles. The van der Waals surface area contributed by atoms with Gasteiger partial charge in [-0.1, -0.05) is 13.8 Å². The van der Waals surface area contributed by atoms with Crippen molar-refractivity contribution in [3.05, 3.63) is 0 Å². The fraction of sp³-hybridized carbons (Fsp3) is 0.833. The molecule has 0 saturated carbocycles. The van der Waals surface area contributed by atoms with Gasteiger partial charge in [0.15, 0.2) is 5.96 Å². The topological polar surface area (TPSA) is 122 Å². The fourth-order valence-corrected chi connectivity index (χ4v) is 0.241. The van der Waals surface area contributed by atoms with E-state index in [0.29, 0.717) is 0 Å². The van der Waals surface area contributed by atoms with Gasteiger partial charge in [-0.25, -0.2) is 0 Å². The third-order valence-electron chi connectivity index (χ3n) is 0.518. The van der Waals surface area contributed by atoms with Crippen LogP contribution in [-0.2, 0) is 0 Å². The lowest BCUT2D eigenvalue weighted by atomic mass is 10.5. The Bertz CT molecular complexity index is 80.7. The van der Waals surface area contributed by atoms with Crippen molar-refractivity contribution < 1.29 is 5.48 Å². The Kier molecular flexibility index (Phi) is 24.3. The summed E-state index contributed by atoms with van der Waals surface area (Å²) >= 11 is 0. The van der Waals surface area contributed by atoms with Crippen molar-refractivity contribution in [2.75, 3.05) is 13.1 Å². The monoisotopic (exact) mass is 164 g/mol. The second-order valence-corrected chi connectivity index (χ2v) is 1.71. The van der Waals surface area contributed by atoms with Crippen LogP contribution in [0.5, 0.6) is 0 Å². The Balaban J connectivity index is -0.000000140. The lowest BCUT2D eigenvalue weighted by molar-refractivity contribution is 0.824. The normalized spacial score (nSPS) is 6.82. The lowest BCUT2D eigenvalue weighted by Crippen LogP contribution is -2.22. The number of hydrogen-bond donors (Lipinski definition) is 3. The minimum atomic E-state index is 0. The van der Waals surface area contributed by atoms with Crippen molar-refractivity contribution in [3.63, 3.8) is 0 Å². The van der Waals surface area contributed by atoms with Crippen molar-refractivity contribution in [3.8, 4) is 0 Å². The maximum absolute atomic E-state index is 5.01. The quantitative estimate of drug-likeness (QED) is 0.351. The zero-order valence-corrected chi connectivity index (χ0v) is 7.30. The molecule has 11 heavy (non-hydrogen) atoms. The van der Waals surface area contributed by atoms with Crippen molar-refractivity contribution in [2.45, 2.75) is 20.3 Å². The minimum absolute atomic E-state index is 0. The average molecular weight is 164 g/mol. The first-order valence-electron chi connectivity index (χ1n) is 3.44. The van der Waals surface area contributed by atoms with Crippen LogP contribution in [0.15, 0.2) is 4.99 Å². The van der Waals surface area contributed by atoms with Gasteiger partial charge in [0.2, 0.25) is 0 Å². The molecule has 5 nitrogen and oxygen atoms in total. The maximum atomic E-state index is 5.01. The first-order chi connectivity index (χ1) is 4.68. The summed E-state index contributed by atoms with van der Waals surface area (Å²) in [7, 11) is 0. The molecule has 0 aliphatic carbocycles. The molecule has 5 heteroatoms. The second-order valence-electron chi connectivity index (χ2n) is 1.71. The van der Waals surface area contributed by atoms with Crippen LogP contribution in [0.1, 0.15) is 20.3 Å². The molecule has 8 N–H and O–H groups in total. The molecule has 0 aromatic carbocycles. The SMILES string of the molecule is CCCN=C(N)N.CCN.O. The van der Waals surface area contributed by atoms with Crippen molar-refractivity contribution >= 4 is 5.96 Å². The van der Waals surface area contributed by atoms with E-state index in [4.69, 9.17) is 17.2 Å². The summed E-state index contributed by atoms with van der Waals surface area (Å²) in [4.78, 5) is 3.72. The molecule has 0 bridgehead atoms. The van der Waals surface area contributed by atoms with E-state index in [1.165, 1.54) is 0 Å². The van der Waals surface area contributed by atoms with Crippen molar-refractivity contribution in [1.82, 2.24) is 0 Å². The number of guanidine groups is 1. The predicted molar refractivity (Wildman–Crippen MR) is 49.3 cm³/mol. The minimum Gasteiger partial charge on any atom is -0.412 e. The molecule has 70 valence electrons. The van der Waals surface area contributed by atoms with Crippen LogP contribution in [0, 0.1) is 0 Å².